The zero-order chi connectivity index (χ0) is 11.5. The molecule has 0 aromatic heterocycles. The molecule has 0 aromatic rings. The number of nitrogens with zero attached hydrogens (tertiary/aromatic N) is 2. The van der Waals surface area contributed by atoms with Gasteiger partial charge in [-0.05, 0) is 32.4 Å². The molecule has 15 heavy (non-hydrogen) atoms. The Hall–Kier alpha value is 0.360. The maximum atomic E-state index is 11.6. The predicted molar refractivity (Wildman–Crippen MR) is 60.3 cm³/mol. The van der Waals surface area contributed by atoms with Crippen LogP contribution in [0.5, 0.6) is 0 Å². The first-order chi connectivity index (χ1) is 6.92. The molecular weight excluding hydrogens is 239 g/mol. The van der Waals surface area contributed by atoms with E-state index in [2.05, 4.69) is 4.90 Å². The largest absolute Gasteiger partial charge is 0.373 e. The van der Waals surface area contributed by atoms with Crippen molar-refractivity contribution < 1.29 is 13.8 Å². The van der Waals surface area contributed by atoms with Gasteiger partial charge >= 0.3 is 6.87 Å². The van der Waals surface area contributed by atoms with E-state index in [0.717, 1.165) is 13.1 Å². The average molecular weight is 257 g/mol. The second kappa shape index (κ2) is 5.62. The highest BCUT2D eigenvalue weighted by Crippen LogP contribution is 2.54. The van der Waals surface area contributed by atoms with Crippen molar-refractivity contribution in [2.75, 3.05) is 47.4 Å². The topological polar surface area (TPSA) is 42.0 Å². The monoisotopic (exact) mass is 256 g/mol. The summed E-state index contributed by atoms with van der Waals surface area (Å²) in [5.74, 6) is 0. The van der Waals surface area contributed by atoms with Gasteiger partial charge in [0.25, 0.3) is 0 Å². The fourth-order valence-corrected chi connectivity index (χ4v) is 2.01. The van der Waals surface area contributed by atoms with Gasteiger partial charge in [0.15, 0.2) is 0 Å². The summed E-state index contributed by atoms with van der Waals surface area (Å²) in [6.07, 6.45) is -0.0456. The van der Waals surface area contributed by atoms with Crippen molar-refractivity contribution in [1.82, 2.24) is 9.57 Å². The molecule has 0 N–H and O–H groups in total. The Labute approximate surface area is 95.6 Å². The summed E-state index contributed by atoms with van der Waals surface area (Å²) in [4.78, 5) is 2.15. The number of likely N-dealkylation sites (N-methyl/N-ethyl adjacent to an activating group) is 1. The van der Waals surface area contributed by atoms with E-state index in [0.29, 0.717) is 6.61 Å². The lowest BCUT2D eigenvalue weighted by molar-refractivity contribution is -0.0403. The quantitative estimate of drug-likeness (QED) is 0.708. The van der Waals surface area contributed by atoms with E-state index >= 15 is 0 Å². The highest BCUT2D eigenvalue weighted by atomic mass is 35.7. The SMILES string of the molecule is CN1CCOC(COP(=O)(Cl)N(C)C)C1. The van der Waals surface area contributed by atoms with E-state index in [1.54, 1.807) is 14.1 Å². The van der Waals surface area contributed by atoms with Crippen molar-refractivity contribution in [3.8, 4) is 0 Å². The smallest absolute Gasteiger partial charge is 0.362 e. The van der Waals surface area contributed by atoms with Crippen LogP contribution >= 0.6 is 18.1 Å². The molecule has 90 valence electrons. The summed E-state index contributed by atoms with van der Waals surface area (Å²) < 4.78 is 23.7. The lowest BCUT2D eigenvalue weighted by Gasteiger charge is -2.30. The third kappa shape index (κ3) is 4.39. The van der Waals surface area contributed by atoms with Crippen molar-refractivity contribution in [2.24, 2.45) is 0 Å². The van der Waals surface area contributed by atoms with E-state index < -0.39 is 6.87 Å². The average Bonchev–Trinajstić information content (AvgIpc) is 2.15. The van der Waals surface area contributed by atoms with E-state index in [-0.39, 0.29) is 12.7 Å². The lowest BCUT2D eigenvalue weighted by Crippen LogP contribution is -2.42. The molecule has 0 aliphatic carbocycles. The first kappa shape index (κ1) is 13.4. The number of rotatable bonds is 4. The number of morpholine rings is 1. The molecule has 1 heterocycles. The summed E-state index contributed by atoms with van der Waals surface area (Å²) >= 11 is 5.72. The zero-order valence-corrected chi connectivity index (χ0v) is 11.0. The predicted octanol–water partition coefficient (Wildman–Crippen LogP) is 1.24. The maximum absolute atomic E-state index is 11.6. The summed E-state index contributed by atoms with van der Waals surface area (Å²) in [5.41, 5.74) is 0. The van der Waals surface area contributed by atoms with Crippen LogP contribution in [0.4, 0.5) is 0 Å². The second-order valence-corrected chi connectivity index (χ2v) is 7.09. The minimum Gasteiger partial charge on any atom is -0.373 e. The normalized spacial score (nSPS) is 27.9. The van der Waals surface area contributed by atoms with Gasteiger partial charge in [-0.25, -0.2) is 4.67 Å². The third-order valence-electron chi connectivity index (χ3n) is 2.24. The number of ether oxygens (including phenoxy) is 1. The van der Waals surface area contributed by atoms with E-state index in [1.165, 1.54) is 4.67 Å². The Morgan fingerprint density at radius 1 is 1.67 bits per heavy atom. The lowest BCUT2D eigenvalue weighted by atomic mass is 10.3. The zero-order valence-electron chi connectivity index (χ0n) is 9.35. The Balaban J connectivity index is 2.33. The molecule has 0 spiro atoms. The molecule has 0 radical (unpaired) electrons. The van der Waals surface area contributed by atoms with Crippen molar-refractivity contribution in [2.45, 2.75) is 6.10 Å². The van der Waals surface area contributed by atoms with Gasteiger partial charge in [0.2, 0.25) is 0 Å². The molecule has 1 fully saturated rings. The van der Waals surface area contributed by atoms with E-state index in [9.17, 15) is 4.57 Å². The minimum atomic E-state index is -3.14. The Bertz CT molecular complexity index is 252. The molecule has 5 nitrogen and oxygen atoms in total. The summed E-state index contributed by atoms with van der Waals surface area (Å²) in [6.45, 7) is -0.496. The highest BCUT2D eigenvalue weighted by Gasteiger charge is 2.26. The molecule has 0 saturated carbocycles. The molecule has 2 atom stereocenters. The number of halogens is 1. The van der Waals surface area contributed by atoms with Crippen LogP contribution in [0.25, 0.3) is 0 Å². The molecule has 1 saturated heterocycles. The van der Waals surface area contributed by atoms with Crippen LogP contribution in [-0.2, 0) is 13.8 Å². The van der Waals surface area contributed by atoms with E-state index in [1.807, 2.05) is 7.05 Å². The molecule has 7 heteroatoms. The van der Waals surface area contributed by atoms with Gasteiger partial charge in [-0.2, -0.15) is 0 Å². The fourth-order valence-electron chi connectivity index (χ4n) is 1.26. The van der Waals surface area contributed by atoms with Gasteiger partial charge in [-0.1, -0.05) is 0 Å². The van der Waals surface area contributed by atoms with Crippen molar-refractivity contribution in [3.63, 3.8) is 0 Å². The van der Waals surface area contributed by atoms with Gasteiger partial charge in [-0.15, -0.1) is 0 Å². The standard InChI is InChI=1S/C8H18ClN2O3P/c1-10(2)15(9,12)14-7-8-6-11(3)4-5-13-8/h8H,4-7H2,1-3H3. The first-order valence-electron chi connectivity index (χ1n) is 4.84. The van der Waals surface area contributed by atoms with Crippen LogP contribution in [0.15, 0.2) is 0 Å². The fraction of sp³-hybridized carbons (Fsp3) is 1.00. The van der Waals surface area contributed by atoms with Crippen LogP contribution in [0.1, 0.15) is 0 Å². The van der Waals surface area contributed by atoms with Crippen molar-refractivity contribution in [3.05, 3.63) is 0 Å². The first-order valence-corrected chi connectivity index (χ1v) is 7.32. The molecule has 1 rings (SSSR count). The third-order valence-corrected chi connectivity index (χ3v) is 4.86. The van der Waals surface area contributed by atoms with Gasteiger partial charge < -0.3 is 14.2 Å². The Morgan fingerprint density at radius 3 is 2.87 bits per heavy atom. The van der Waals surface area contributed by atoms with Crippen LogP contribution in [0, 0.1) is 0 Å². The van der Waals surface area contributed by atoms with Crippen LogP contribution in [0.2, 0.25) is 0 Å². The Kier molecular flexibility index (Phi) is 5.03. The van der Waals surface area contributed by atoms with Gasteiger partial charge in [-0.3, -0.25) is 4.57 Å². The Morgan fingerprint density at radius 2 is 2.33 bits per heavy atom. The van der Waals surface area contributed by atoms with E-state index in [4.69, 9.17) is 20.5 Å². The van der Waals surface area contributed by atoms with Crippen LogP contribution in [-0.4, -0.2) is 63.1 Å². The molecular formula is C8H18ClN2O3P. The molecule has 0 aromatic carbocycles. The summed E-state index contributed by atoms with van der Waals surface area (Å²) in [5, 5.41) is 0. The van der Waals surface area contributed by atoms with Crippen molar-refractivity contribution in [1.29, 1.82) is 0 Å². The number of hydrogen-bond acceptors (Lipinski definition) is 4. The van der Waals surface area contributed by atoms with Crippen molar-refractivity contribution >= 4 is 18.1 Å². The number of hydrogen-bond donors (Lipinski definition) is 0. The minimum absolute atomic E-state index is 0.0456. The van der Waals surface area contributed by atoms with Gasteiger partial charge in [0.1, 0.15) is 0 Å². The van der Waals surface area contributed by atoms with Gasteiger partial charge in [0, 0.05) is 13.1 Å². The second-order valence-electron chi connectivity index (χ2n) is 3.85. The summed E-state index contributed by atoms with van der Waals surface area (Å²) in [7, 11) is 5.27. The van der Waals surface area contributed by atoms with Crippen LogP contribution in [0.3, 0.4) is 0 Å². The molecule has 0 bridgehead atoms. The molecule has 0 amide bonds. The maximum Gasteiger partial charge on any atom is 0.362 e. The van der Waals surface area contributed by atoms with Gasteiger partial charge in [0.05, 0.1) is 19.3 Å². The van der Waals surface area contributed by atoms with Crippen LogP contribution < -0.4 is 0 Å². The molecule has 1 aliphatic rings. The molecule has 2 unspecified atom stereocenters. The highest BCUT2D eigenvalue weighted by molar-refractivity contribution is 7.83. The summed E-state index contributed by atoms with van der Waals surface area (Å²) in [6, 6.07) is 0. The molecule has 1 aliphatic heterocycles.